The Balaban J connectivity index is 2.82. The van der Waals surface area contributed by atoms with Gasteiger partial charge in [0.15, 0.2) is 0 Å². The highest BCUT2D eigenvalue weighted by atomic mass is 35.5. The summed E-state index contributed by atoms with van der Waals surface area (Å²) in [6.45, 7) is 6.63. The van der Waals surface area contributed by atoms with Crippen molar-refractivity contribution in [3.63, 3.8) is 0 Å². The molecule has 0 aromatic heterocycles. The Kier molecular flexibility index (Phi) is 7.87. The molecule has 0 radical (unpaired) electrons. The second-order valence-corrected chi connectivity index (χ2v) is 4.90. The van der Waals surface area contributed by atoms with Gasteiger partial charge in [0.25, 0.3) is 0 Å². The SMILES string of the molecule is CCCNC(COCCC)c1ccc(Cl)cc1OC. The summed E-state index contributed by atoms with van der Waals surface area (Å²) in [6, 6.07) is 5.87. The molecule has 0 saturated heterocycles. The standard InChI is InChI=1S/C15H24ClNO2/c1-4-8-17-14(11-19-9-5-2)13-7-6-12(16)10-15(13)18-3/h6-7,10,14,17H,4-5,8-9,11H2,1-3H3. The van der Waals surface area contributed by atoms with Gasteiger partial charge in [-0.15, -0.1) is 0 Å². The second-order valence-electron chi connectivity index (χ2n) is 4.47. The summed E-state index contributed by atoms with van der Waals surface area (Å²) in [5.41, 5.74) is 1.09. The van der Waals surface area contributed by atoms with Crippen LogP contribution >= 0.6 is 11.6 Å². The maximum absolute atomic E-state index is 6.00. The van der Waals surface area contributed by atoms with E-state index in [0.717, 1.165) is 37.3 Å². The fourth-order valence-electron chi connectivity index (χ4n) is 1.90. The van der Waals surface area contributed by atoms with Crippen LogP contribution in [-0.2, 0) is 4.74 Å². The van der Waals surface area contributed by atoms with Gasteiger partial charge in [0.2, 0.25) is 0 Å². The molecule has 4 heteroatoms. The average Bonchev–Trinajstić information content (AvgIpc) is 2.43. The monoisotopic (exact) mass is 285 g/mol. The minimum Gasteiger partial charge on any atom is -0.496 e. The predicted octanol–water partition coefficient (Wildman–Crippen LogP) is 3.82. The third-order valence-electron chi connectivity index (χ3n) is 2.84. The van der Waals surface area contributed by atoms with E-state index in [0.29, 0.717) is 11.6 Å². The molecule has 1 atom stereocenters. The Morgan fingerprint density at radius 2 is 2.05 bits per heavy atom. The molecule has 0 heterocycles. The third-order valence-corrected chi connectivity index (χ3v) is 3.08. The largest absolute Gasteiger partial charge is 0.496 e. The zero-order valence-electron chi connectivity index (χ0n) is 12.0. The number of methoxy groups -OCH3 is 1. The molecule has 1 unspecified atom stereocenters. The van der Waals surface area contributed by atoms with Gasteiger partial charge in [0.05, 0.1) is 19.8 Å². The number of benzene rings is 1. The molecule has 108 valence electrons. The Bertz CT molecular complexity index is 371. The Hall–Kier alpha value is -0.770. The number of halogens is 1. The van der Waals surface area contributed by atoms with Gasteiger partial charge in [0, 0.05) is 17.2 Å². The van der Waals surface area contributed by atoms with Crippen molar-refractivity contribution >= 4 is 11.6 Å². The van der Waals surface area contributed by atoms with Gasteiger partial charge in [-0.2, -0.15) is 0 Å². The summed E-state index contributed by atoms with van der Waals surface area (Å²) in [5, 5.41) is 4.18. The maximum Gasteiger partial charge on any atom is 0.125 e. The molecule has 0 spiro atoms. The molecule has 0 aliphatic heterocycles. The zero-order chi connectivity index (χ0) is 14.1. The van der Waals surface area contributed by atoms with Crippen molar-refractivity contribution < 1.29 is 9.47 Å². The van der Waals surface area contributed by atoms with E-state index in [2.05, 4.69) is 19.2 Å². The second kappa shape index (κ2) is 9.18. The van der Waals surface area contributed by atoms with Crippen LogP contribution in [0.4, 0.5) is 0 Å². The molecule has 0 amide bonds. The van der Waals surface area contributed by atoms with Crippen molar-refractivity contribution in [1.82, 2.24) is 5.32 Å². The first-order valence-corrected chi connectivity index (χ1v) is 7.25. The van der Waals surface area contributed by atoms with Crippen LogP contribution in [0, 0.1) is 0 Å². The van der Waals surface area contributed by atoms with Crippen LogP contribution < -0.4 is 10.1 Å². The maximum atomic E-state index is 6.00. The number of hydrogen-bond acceptors (Lipinski definition) is 3. The lowest BCUT2D eigenvalue weighted by Gasteiger charge is -2.21. The van der Waals surface area contributed by atoms with Crippen molar-refractivity contribution in [2.75, 3.05) is 26.9 Å². The molecule has 0 fully saturated rings. The van der Waals surface area contributed by atoms with Gasteiger partial charge in [-0.05, 0) is 31.5 Å². The van der Waals surface area contributed by atoms with Crippen LogP contribution in [0.25, 0.3) is 0 Å². The summed E-state index contributed by atoms with van der Waals surface area (Å²) < 4.78 is 11.1. The number of ether oxygens (including phenoxy) is 2. The van der Waals surface area contributed by atoms with Crippen molar-refractivity contribution in [2.45, 2.75) is 32.7 Å². The van der Waals surface area contributed by atoms with E-state index in [-0.39, 0.29) is 6.04 Å². The lowest BCUT2D eigenvalue weighted by Crippen LogP contribution is -2.27. The van der Waals surface area contributed by atoms with E-state index < -0.39 is 0 Å². The third kappa shape index (κ3) is 5.39. The minimum atomic E-state index is 0.138. The highest BCUT2D eigenvalue weighted by Crippen LogP contribution is 2.28. The Morgan fingerprint density at radius 3 is 2.68 bits per heavy atom. The van der Waals surface area contributed by atoms with Gasteiger partial charge < -0.3 is 14.8 Å². The van der Waals surface area contributed by atoms with Crippen LogP contribution in [0.15, 0.2) is 18.2 Å². The van der Waals surface area contributed by atoms with Gasteiger partial charge in [-0.25, -0.2) is 0 Å². The fraction of sp³-hybridized carbons (Fsp3) is 0.600. The van der Waals surface area contributed by atoms with Crippen LogP contribution in [0.2, 0.25) is 5.02 Å². The number of hydrogen-bond donors (Lipinski definition) is 1. The molecule has 0 saturated carbocycles. The zero-order valence-corrected chi connectivity index (χ0v) is 12.8. The van der Waals surface area contributed by atoms with Crippen LogP contribution in [-0.4, -0.2) is 26.9 Å². The summed E-state index contributed by atoms with van der Waals surface area (Å²) >= 11 is 6.00. The lowest BCUT2D eigenvalue weighted by atomic mass is 10.1. The molecule has 0 bridgehead atoms. The molecule has 19 heavy (non-hydrogen) atoms. The van der Waals surface area contributed by atoms with E-state index in [1.54, 1.807) is 7.11 Å². The topological polar surface area (TPSA) is 30.5 Å². The highest BCUT2D eigenvalue weighted by molar-refractivity contribution is 6.30. The first-order valence-electron chi connectivity index (χ1n) is 6.87. The van der Waals surface area contributed by atoms with Gasteiger partial charge in [-0.1, -0.05) is 31.5 Å². The molecule has 1 aromatic carbocycles. The van der Waals surface area contributed by atoms with E-state index in [9.17, 15) is 0 Å². The van der Waals surface area contributed by atoms with Crippen molar-refractivity contribution in [3.05, 3.63) is 28.8 Å². The summed E-state index contributed by atoms with van der Waals surface area (Å²) in [4.78, 5) is 0. The van der Waals surface area contributed by atoms with E-state index in [1.165, 1.54) is 0 Å². The number of nitrogens with one attached hydrogen (secondary N) is 1. The minimum absolute atomic E-state index is 0.138. The molecule has 0 aliphatic carbocycles. The highest BCUT2D eigenvalue weighted by Gasteiger charge is 2.16. The van der Waals surface area contributed by atoms with Crippen LogP contribution in [0.5, 0.6) is 5.75 Å². The van der Waals surface area contributed by atoms with Crippen molar-refractivity contribution in [3.8, 4) is 5.75 Å². The van der Waals surface area contributed by atoms with Gasteiger partial charge in [-0.3, -0.25) is 0 Å². The molecule has 3 nitrogen and oxygen atoms in total. The van der Waals surface area contributed by atoms with Gasteiger partial charge in [0.1, 0.15) is 5.75 Å². The van der Waals surface area contributed by atoms with E-state index >= 15 is 0 Å². The summed E-state index contributed by atoms with van der Waals surface area (Å²) in [6.07, 6.45) is 2.11. The van der Waals surface area contributed by atoms with Crippen LogP contribution in [0.1, 0.15) is 38.3 Å². The molecular weight excluding hydrogens is 262 g/mol. The average molecular weight is 286 g/mol. The molecule has 1 N–H and O–H groups in total. The normalized spacial score (nSPS) is 12.4. The first kappa shape index (κ1) is 16.3. The molecule has 0 aliphatic rings. The van der Waals surface area contributed by atoms with E-state index in [4.69, 9.17) is 21.1 Å². The number of rotatable bonds is 9. The van der Waals surface area contributed by atoms with Crippen LogP contribution in [0.3, 0.4) is 0 Å². The van der Waals surface area contributed by atoms with Gasteiger partial charge >= 0.3 is 0 Å². The fourth-order valence-corrected chi connectivity index (χ4v) is 2.06. The quantitative estimate of drug-likeness (QED) is 0.700. The van der Waals surface area contributed by atoms with Crippen molar-refractivity contribution in [2.24, 2.45) is 0 Å². The Labute approximate surface area is 121 Å². The van der Waals surface area contributed by atoms with Crippen molar-refractivity contribution in [1.29, 1.82) is 0 Å². The molecular formula is C15H24ClNO2. The molecule has 1 aromatic rings. The summed E-state index contributed by atoms with van der Waals surface area (Å²) in [5.74, 6) is 0.807. The predicted molar refractivity (Wildman–Crippen MR) is 80.1 cm³/mol. The lowest BCUT2D eigenvalue weighted by molar-refractivity contribution is 0.111. The first-order chi connectivity index (χ1) is 9.22. The smallest absolute Gasteiger partial charge is 0.125 e. The summed E-state index contributed by atoms with van der Waals surface area (Å²) in [7, 11) is 1.67. The molecule has 1 rings (SSSR count). The van der Waals surface area contributed by atoms with E-state index in [1.807, 2.05) is 18.2 Å². The Morgan fingerprint density at radius 1 is 1.26 bits per heavy atom.